The van der Waals surface area contributed by atoms with E-state index in [0.717, 1.165) is 35.5 Å². The monoisotopic (exact) mass is 232 g/mol. The first kappa shape index (κ1) is 10.9. The molecule has 4 saturated carbocycles. The van der Waals surface area contributed by atoms with Crippen LogP contribution in [0.4, 0.5) is 0 Å². The van der Waals surface area contributed by atoms with Crippen LogP contribution < -0.4 is 0 Å². The van der Waals surface area contributed by atoms with Crippen molar-refractivity contribution in [3.63, 3.8) is 0 Å². The summed E-state index contributed by atoms with van der Waals surface area (Å²) in [4.78, 5) is 0. The van der Waals surface area contributed by atoms with Gasteiger partial charge in [-0.1, -0.05) is 27.7 Å². The minimum atomic E-state index is 0.567. The van der Waals surface area contributed by atoms with Gasteiger partial charge in [0.2, 0.25) is 0 Å². The summed E-state index contributed by atoms with van der Waals surface area (Å²) in [6.45, 7) is 10.0. The molecule has 96 valence electrons. The van der Waals surface area contributed by atoms with Crippen molar-refractivity contribution in [1.82, 2.24) is 0 Å². The highest BCUT2D eigenvalue weighted by atomic mass is 14.7. The molecule has 0 nitrogen and oxygen atoms in total. The molecule has 0 aliphatic heterocycles. The van der Waals surface area contributed by atoms with Crippen molar-refractivity contribution in [2.24, 2.45) is 52.8 Å². The van der Waals surface area contributed by atoms with Crippen LogP contribution in [0.2, 0.25) is 0 Å². The number of hydrogen-bond donors (Lipinski definition) is 0. The Labute approximate surface area is 107 Å². The molecule has 0 aromatic heterocycles. The standard InChI is InChI=1S/C17H28/c1-9-5-10-6-12(9)15-11-7-13(16(10)15)14(8-11)17(2,3)4/h9-16H,5-8H2,1-4H3. The molecule has 0 saturated heterocycles. The van der Waals surface area contributed by atoms with Crippen LogP contribution in [0.25, 0.3) is 0 Å². The van der Waals surface area contributed by atoms with Crippen molar-refractivity contribution in [3.8, 4) is 0 Å². The van der Waals surface area contributed by atoms with E-state index >= 15 is 0 Å². The van der Waals surface area contributed by atoms with Crippen LogP contribution in [0, 0.1) is 52.8 Å². The van der Waals surface area contributed by atoms with Crippen molar-refractivity contribution in [3.05, 3.63) is 0 Å². The van der Waals surface area contributed by atoms with E-state index in [0.29, 0.717) is 5.41 Å². The Morgan fingerprint density at radius 1 is 0.765 bits per heavy atom. The van der Waals surface area contributed by atoms with Crippen LogP contribution in [0.3, 0.4) is 0 Å². The second-order valence-electron chi connectivity index (χ2n) is 8.90. The summed E-state index contributed by atoms with van der Waals surface area (Å²) in [5, 5.41) is 0. The van der Waals surface area contributed by atoms with Crippen LogP contribution in [-0.4, -0.2) is 0 Å². The predicted octanol–water partition coefficient (Wildman–Crippen LogP) is 4.60. The fraction of sp³-hybridized carbons (Fsp3) is 1.00. The zero-order valence-corrected chi connectivity index (χ0v) is 11.9. The number of fused-ring (bicyclic) bond motifs is 9. The number of hydrogen-bond acceptors (Lipinski definition) is 0. The van der Waals surface area contributed by atoms with Crippen LogP contribution in [0.5, 0.6) is 0 Å². The smallest absolute Gasteiger partial charge is 0.0320 e. The molecule has 4 bridgehead atoms. The molecule has 8 unspecified atom stereocenters. The van der Waals surface area contributed by atoms with Crippen molar-refractivity contribution in [1.29, 1.82) is 0 Å². The van der Waals surface area contributed by atoms with E-state index in [-0.39, 0.29) is 0 Å². The summed E-state index contributed by atoms with van der Waals surface area (Å²) in [6.07, 6.45) is 6.37. The second kappa shape index (κ2) is 3.11. The Balaban J connectivity index is 1.65. The third-order valence-corrected chi connectivity index (χ3v) is 7.26. The van der Waals surface area contributed by atoms with Gasteiger partial charge in [0, 0.05) is 0 Å². The normalized spacial score (nSPS) is 60.0. The molecule has 0 N–H and O–H groups in total. The summed E-state index contributed by atoms with van der Waals surface area (Å²) < 4.78 is 0. The lowest BCUT2D eigenvalue weighted by atomic mass is 9.60. The maximum Gasteiger partial charge on any atom is -0.0320 e. The van der Waals surface area contributed by atoms with E-state index in [4.69, 9.17) is 0 Å². The van der Waals surface area contributed by atoms with Gasteiger partial charge in [-0.15, -0.1) is 0 Å². The SMILES string of the molecule is CC1CC2CC1C1C3CC(C21)C(C(C)(C)C)C3. The van der Waals surface area contributed by atoms with Gasteiger partial charge in [-0.3, -0.25) is 0 Å². The van der Waals surface area contributed by atoms with Crippen LogP contribution in [0.1, 0.15) is 53.4 Å². The second-order valence-corrected chi connectivity index (χ2v) is 8.90. The summed E-state index contributed by atoms with van der Waals surface area (Å²) >= 11 is 0. The van der Waals surface area contributed by atoms with Gasteiger partial charge in [0.05, 0.1) is 0 Å². The highest BCUT2D eigenvalue weighted by molar-refractivity contribution is 5.13. The summed E-state index contributed by atoms with van der Waals surface area (Å²) in [5.74, 6) is 8.98. The Morgan fingerprint density at radius 3 is 2.06 bits per heavy atom. The quantitative estimate of drug-likeness (QED) is 0.536. The van der Waals surface area contributed by atoms with Crippen LogP contribution in [0.15, 0.2) is 0 Å². The number of rotatable bonds is 0. The van der Waals surface area contributed by atoms with Crippen LogP contribution in [-0.2, 0) is 0 Å². The van der Waals surface area contributed by atoms with E-state index < -0.39 is 0 Å². The van der Waals surface area contributed by atoms with E-state index in [1.54, 1.807) is 25.7 Å². The van der Waals surface area contributed by atoms with Crippen molar-refractivity contribution in [2.45, 2.75) is 53.4 Å². The molecule has 0 heterocycles. The van der Waals surface area contributed by atoms with Gasteiger partial charge >= 0.3 is 0 Å². The topological polar surface area (TPSA) is 0 Å². The van der Waals surface area contributed by atoms with Gasteiger partial charge in [0.1, 0.15) is 0 Å². The molecule has 0 spiro atoms. The Bertz CT molecular complexity index is 336. The van der Waals surface area contributed by atoms with E-state index in [9.17, 15) is 0 Å². The minimum Gasteiger partial charge on any atom is -0.0622 e. The first-order valence-corrected chi connectivity index (χ1v) is 7.97. The molecule has 0 radical (unpaired) electrons. The van der Waals surface area contributed by atoms with Gasteiger partial charge in [-0.25, -0.2) is 0 Å². The molecule has 0 aromatic rings. The third-order valence-electron chi connectivity index (χ3n) is 7.26. The summed E-state index contributed by atoms with van der Waals surface area (Å²) in [5.41, 5.74) is 0.567. The molecule has 0 amide bonds. The van der Waals surface area contributed by atoms with Gasteiger partial charge in [-0.2, -0.15) is 0 Å². The molecular formula is C17H28. The van der Waals surface area contributed by atoms with E-state index in [1.165, 1.54) is 11.8 Å². The van der Waals surface area contributed by atoms with E-state index in [1.807, 2.05) is 0 Å². The maximum atomic E-state index is 2.54. The lowest BCUT2D eigenvalue weighted by Gasteiger charge is -2.45. The molecule has 4 rings (SSSR count). The van der Waals surface area contributed by atoms with Crippen LogP contribution >= 0.6 is 0 Å². The van der Waals surface area contributed by atoms with Crippen molar-refractivity contribution < 1.29 is 0 Å². The van der Waals surface area contributed by atoms with Gasteiger partial charge in [0.25, 0.3) is 0 Å². The molecule has 4 aliphatic rings. The molecule has 4 aliphatic carbocycles. The van der Waals surface area contributed by atoms with E-state index in [2.05, 4.69) is 27.7 Å². The van der Waals surface area contributed by atoms with Crippen molar-refractivity contribution in [2.75, 3.05) is 0 Å². The molecule has 8 atom stereocenters. The summed E-state index contributed by atoms with van der Waals surface area (Å²) in [6, 6.07) is 0. The third kappa shape index (κ3) is 1.25. The lowest BCUT2D eigenvalue weighted by molar-refractivity contribution is 0.0357. The fourth-order valence-electron chi connectivity index (χ4n) is 6.93. The molecule has 17 heavy (non-hydrogen) atoms. The average molecular weight is 232 g/mol. The van der Waals surface area contributed by atoms with Crippen molar-refractivity contribution >= 4 is 0 Å². The van der Waals surface area contributed by atoms with Gasteiger partial charge < -0.3 is 0 Å². The Kier molecular flexibility index (Phi) is 1.99. The van der Waals surface area contributed by atoms with Gasteiger partial charge in [-0.05, 0) is 78.4 Å². The summed E-state index contributed by atoms with van der Waals surface area (Å²) in [7, 11) is 0. The molecule has 0 heteroatoms. The maximum absolute atomic E-state index is 2.54. The Hall–Kier alpha value is 0. The first-order chi connectivity index (χ1) is 7.97. The zero-order valence-electron chi connectivity index (χ0n) is 11.9. The lowest BCUT2D eigenvalue weighted by Crippen LogP contribution is -2.39. The molecule has 0 aromatic carbocycles. The zero-order chi connectivity index (χ0) is 11.9. The molecule has 4 fully saturated rings. The predicted molar refractivity (Wildman–Crippen MR) is 71.5 cm³/mol. The largest absolute Gasteiger partial charge is 0.0622 e. The molecular weight excluding hydrogens is 204 g/mol. The highest BCUT2D eigenvalue weighted by Crippen LogP contribution is 2.71. The minimum absolute atomic E-state index is 0.567. The average Bonchev–Trinajstić information content (AvgIpc) is 2.89. The highest BCUT2D eigenvalue weighted by Gasteiger charge is 2.64. The van der Waals surface area contributed by atoms with Gasteiger partial charge in [0.15, 0.2) is 0 Å². The first-order valence-electron chi connectivity index (χ1n) is 7.97. The fourth-order valence-corrected chi connectivity index (χ4v) is 6.93. The Morgan fingerprint density at radius 2 is 1.35 bits per heavy atom.